The molecule has 0 aliphatic heterocycles. The maximum atomic E-state index is 11.6. The zero-order valence-electron chi connectivity index (χ0n) is 8.70. The van der Waals surface area contributed by atoms with E-state index in [1.165, 1.54) is 6.07 Å². The average molecular weight is 305 g/mol. The van der Waals surface area contributed by atoms with Gasteiger partial charge in [-0.2, -0.15) is 0 Å². The lowest BCUT2D eigenvalue weighted by molar-refractivity contribution is 0.579. The molecule has 1 rings (SSSR count). The lowest BCUT2D eigenvalue weighted by atomic mass is 10.4. The third-order valence-electron chi connectivity index (χ3n) is 1.71. The number of sulfonamides is 1. The Morgan fingerprint density at radius 3 is 2.56 bits per heavy atom. The van der Waals surface area contributed by atoms with Gasteiger partial charge in [-0.25, -0.2) is 13.1 Å². The largest absolute Gasteiger partial charge is 0.320 e. The number of hydrogen-bond donors (Lipinski definition) is 2. The lowest BCUT2D eigenvalue weighted by Gasteiger charge is -2.03. The summed E-state index contributed by atoms with van der Waals surface area (Å²) in [5.74, 6) is 0. The Bertz CT molecular complexity index is 406. The molecule has 0 unspecified atom stereocenters. The van der Waals surface area contributed by atoms with Gasteiger partial charge in [-0.15, -0.1) is 23.7 Å². The maximum Gasteiger partial charge on any atom is 0.250 e. The minimum absolute atomic E-state index is 0. The molecule has 0 aliphatic carbocycles. The van der Waals surface area contributed by atoms with E-state index in [-0.39, 0.29) is 16.6 Å². The summed E-state index contributed by atoms with van der Waals surface area (Å²) < 4.78 is 26.5. The highest BCUT2D eigenvalue weighted by atomic mass is 35.5. The zero-order chi connectivity index (χ0) is 11.3. The van der Waals surface area contributed by atoms with Crippen LogP contribution in [-0.4, -0.2) is 28.6 Å². The first kappa shape index (κ1) is 16.1. The van der Waals surface area contributed by atoms with Crippen molar-refractivity contribution < 1.29 is 8.42 Å². The molecule has 16 heavy (non-hydrogen) atoms. The Kier molecular flexibility index (Phi) is 7.54. The van der Waals surface area contributed by atoms with E-state index in [1.54, 1.807) is 6.07 Å². The van der Waals surface area contributed by atoms with Gasteiger partial charge in [0.15, 0.2) is 0 Å². The molecular formula is C8H14Cl2N2O2S2. The van der Waals surface area contributed by atoms with Gasteiger partial charge in [0.05, 0.1) is 4.34 Å². The molecule has 0 saturated carbocycles. The predicted octanol–water partition coefficient (Wildman–Crippen LogP) is 1.71. The smallest absolute Gasteiger partial charge is 0.250 e. The van der Waals surface area contributed by atoms with Crippen LogP contribution in [-0.2, 0) is 10.0 Å². The molecule has 0 radical (unpaired) electrons. The molecule has 1 heterocycles. The third-order valence-corrected chi connectivity index (χ3v) is 4.89. The standard InChI is InChI=1S/C8H13ClN2O2S2.ClH/c1-10-5-2-6-11-15(12,13)8-4-3-7(9)14-8;/h3-4,10-11H,2,5-6H2,1H3;1H. The lowest BCUT2D eigenvalue weighted by Crippen LogP contribution is -2.26. The molecular weight excluding hydrogens is 291 g/mol. The third kappa shape index (κ3) is 4.99. The van der Waals surface area contributed by atoms with Crippen LogP contribution in [0.4, 0.5) is 0 Å². The Labute approximate surface area is 111 Å². The summed E-state index contributed by atoms with van der Waals surface area (Å²) in [4.78, 5) is 0. The van der Waals surface area contributed by atoms with Crippen LogP contribution in [0.25, 0.3) is 0 Å². The topological polar surface area (TPSA) is 58.2 Å². The van der Waals surface area contributed by atoms with Crippen LogP contribution in [0.15, 0.2) is 16.3 Å². The summed E-state index contributed by atoms with van der Waals surface area (Å²) in [6, 6.07) is 3.09. The minimum Gasteiger partial charge on any atom is -0.320 e. The Hall–Kier alpha value is 0.150. The molecule has 0 atom stereocenters. The second-order valence-electron chi connectivity index (χ2n) is 2.91. The van der Waals surface area contributed by atoms with E-state index in [9.17, 15) is 8.42 Å². The Balaban J connectivity index is 0.00000225. The Morgan fingerprint density at radius 2 is 2.06 bits per heavy atom. The summed E-state index contributed by atoms with van der Waals surface area (Å²) >= 11 is 6.72. The first-order valence-corrected chi connectivity index (χ1v) is 7.13. The number of thiophene rings is 1. The number of halogens is 2. The Morgan fingerprint density at radius 1 is 1.38 bits per heavy atom. The molecule has 8 heteroatoms. The number of hydrogen-bond acceptors (Lipinski definition) is 4. The van der Waals surface area contributed by atoms with E-state index >= 15 is 0 Å². The fourth-order valence-electron chi connectivity index (χ4n) is 0.985. The van der Waals surface area contributed by atoms with Crippen LogP contribution in [0.1, 0.15) is 6.42 Å². The van der Waals surface area contributed by atoms with Crippen molar-refractivity contribution in [1.29, 1.82) is 0 Å². The van der Waals surface area contributed by atoms with Crippen molar-refractivity contribution in [3.63, 3.8) is 0 Å². The molecule has 0 bridgehead atoms. The van der Waals surface area contributed by atoms with Crippen LogP contribution >= 0.6 is 35.3 Å². The normalized spacial score (nSPS) is 11.1. The van der Waals surface area contributed by atoms with E-state index < -0.39 is 10.0 Å². The molecule has 1 aromatic heterocycles. The van der Waals surface area contributed by atoms with Crippen LogP contribution in [0, 0.1) is 0 Å². The highest BCUT2D eigenvalue weighted by Crippen LogP contribution is 2.25. The van der Waals surface area contributed by atoms with Gasteiger partial charge in [-0.1, -0.05) is 11.6 Å². The van der Waals surface area contributed by atoms with Crippen molar-refractivity contribution in [3.8, 4) is 0 Å². The van der Waals surface area contributed by atoms with Crippen LogP contribution in [0.3, 0.4) is 0 Å². The van der Waals surface area contributed by atoms with E-state index in [2.05, 4.69) is 10.0 Å². The predicted molar refractivity (Wildman–Crippen MR) is 70.3 cm³/mol. The van der Waals surface area contributed by atoms with Gasteiger partial charge in [0, 0.05) is 6.54 Å². The van der Waals surface area contributed by atoms with Crippen molar-refractivity contribution in [2.24, 2.45) is 0 Å². The summed E-state index contributed by atoms with van der Waals surface area (Å²) in [5.41, 5.74) is 0. The van der Waals surface area contributed by atoms with Crippen LogP contribution < -0.4 is 10.0 Å². The van der Waals surface area contributed by atoms with E-state index in [4.69, 9.17) is 11.6 Å². The molecule has 0 spiro atoms. The molecule has 94 valence electrons. The fraction of sp³-hybridized carbons (Fsp3) is 0.500. The van der Waals surface area contributed by atoms with Crippen LogP contribution in [0.2, 0.25) is 4.34 Å². The van der Waals surface area contributed by atoms with Crippen molar-refractivity contribution >= 4 is 45.4 Å². The molecule has 0 saturated heterocycles. The molecule has 4 nitrogen and oxygen atoms in total. The van der Waals surface area contributed by atoms with Gasteiger partial charge >= 0.3 is 0 Å². The summed E-state index contributed by atoms with van der Waals surface area (Å²) in [5, 5.41) is 2.94. The molecule has 0 aromatic carbocycles. The second-order valence-corrected chi connectivity index (χ2v) is 6.62. The van der Waals surface area contributed by atoms with E-state index in [1.807, 2.05) is 7.05 Å². The zero-order valence-corrected chi connectivity index (χ0v) is 11.9. The fourth-order valence-corrected chi connectivity index (χ4v) is 3.59. The molecule has 0 fully saturated rings. The first-order valence-electron chi connectivity index (χ1n) is 4.46. The second kappa shape index (κ2) is 7.47. The van der Waals surface area contributed by atoms with Gasteiger partial charge in [-0.05, 0) is 32.1 Å². The maximum absolute atomic E-state index is 11.6. The summed E-state index contributed by atoms with van der Waals surface area (Å²) in [7, 11) is -1.54. The van der Waals surface area contributed by atoms with Gasteiger partial charge in [0.25, 0.3) is 0 Å². The van der Waals surface area contributed by atoms with Crippen LogP contribution in [0.5, 0.6) is 0 Å². The minimum atomic E-state index is -3.36. The van der Waals surface area contributed by atoms with Gasteiger partial charge in [0.2, 0.25) is 10.0 Å². The highest BCUT2D eigenvalue weighted by Gasteiger charge is 2.15. The van der Waals surface area contributed by atoms with Gasteiger partial charge in [0.1, 0.15) is 4.21 Å². The molecule has 0 amide bonds. The van der Waals surface area contributed by atoms with Gasteiger partial charge < -0.3 is 5.32 Å². The summed E-state index contributed by atoms with van der Waals surface area (Å²) in [6.07, 6.45) is 0.759. The van der Waals surface area contributed by atoms with E-state index in [0.29, 0.717) is 10.9 Å². The van der Waals surface area contributed by atoms with Crippen molar-refractivity contribution in [2.75, 3.05) is 20.1 Å². The SMILES string of the molecule is CNCCCNS(=O)(=O)c1ccc(Cl)s1.Cl. The van der Waals surface area contributed by atoms with Crippen molar-refractivity contribution in [1.82, 2.24) is 10.0 Å². The molecule has 1 aromatic rings. The quantitative estimate of drug-likeness (QED) is 0.787. The summed E-state index contributed by atoms with van der Waals surface area (Å²) in [6.45, 7) is 1.21. The number of nitrogens with one attached hydrogen (secondary N) is 2. The molecule has 0 aliphatic rings. The first-order chi connectivity index (χ1) is 7.06. The number of rotatable bonds is 6. The molecule has 2 N–H and O–H groups in total. The van der Waals surface area contributed by atoms with Crippen molar-refractivity contribution in [3.05, 3.63) is 16.5 Å². The van der Waals surface area contributed by atoms with Crippen molar-refractivity contribution in [2.45, 2.75) is 10.6 Å². The van der Waals surface area contributed by atoms with E-state index in [0.717, 1.165) is 24.3 Å². The monoisotopic (exact) mass is 304 g/mol. The average Bonchev–Trinajstić information content (AvgIpc) is 2.60. The highest BCUT2D eigenvalue weighted by molar-refractivity contribution is 7.91. The van der Waals surface area contributed by atoms with Gasteiger partial charge in [-0.3, -0.25) is 0 Å².